The molecule has 3 heteroatoms. The summed E-state index contributed by atoms with van der Waals surface area (Å²) in [5.41, 5.74) is 5.85. The Morgan fingerprint density at radius 1 is 1.11 bits per heavy atom. The van der Waals surface area contributed by atoms with Gasteiger partial charge in [-0.25, -0.2) is 0 Å². The Balaban J connectivity index is 4.44. The number of hydrogen-bond donors (Lipinski definition) is 2. The molecule has 0 aliphatic heterocycles. The van der Waals surface area contributed by atoms with Gasteiger partial charge in [0.25, 0.3) is 0 Å². The van der Waals surface area contributed by atoms with Gasteiger partial charge in [-0.15, -0.1) is 0 Å². The fraction of sp³-hybridized carbons (Fsp3) is 0.933. The molecule has 2 unspecified atom stereocenters. The second-order valence-electron chi connectivity index (χ2n) is 7.53. The molecule has 3 nitrogen and oxygen atoms in total. The minimum atomic E-state index is 0.0556. The van der Waals surface area contributed by atoms with Crippen LogP contribution < -0.4 is 11.1 Å². The molecule has 0 bridgehead atoms. The van der Waals surface area contributed by atoms with Gasteiger partial charge in [-0.2, -0.15) is 0 Å². The van der Waals surface area contributed by atoms with Crippen molar-refractivity contribution in [3.8, 4) is 0 Å². The first-order chi connectivity index (χ1) is 7.98. The van der Waals surface area contributed by atoms with Crippen LogP contribution in [0.25, 0.3) is 0 Å². The molecule has 2 atom stereocenters. The number of rotatable bonds is 5. The molecule has 0 rings (SSSR count). The van der Waals surface area contributed by atoms with Crippen LogP contribution in [0.2, 0.25) is 0 Å². The van der Waals surface area contributed by atoms with Crippen LogP contribution in [0.4, 0.5) is 0 Å². The predicted octanol–water partition coefficient (Wildman–Crippen LogP) is 2.94. The van der Waals surface area contributed by atoms with Crippen molar-refractivity contribution in [3.63, 3.8) is 0 Å². The van der Waals surface area contributed by atoms with Gasteiger partial charge in [-0.05, 0) is 29.7 Å². The lowest BCUT2D eigenvalue weighted by Crippen LogP contribution is -2.45. The van der Waals surface area contributed by atoms with Crippen molar-refractivity contribution in [2.75, 3.05) is 6.54 Å². The molecule has 0 aromatic heterocycles. The third-order valence-electron chi connectivity index (χ3n) is 3.81. The van der Waals surface area contributed by atoms with E-state index in [2.05, 4.69) is 53.8 Å². The number of amides is 1. The van der Waals surface area contributed by atoms with Crippen LogP contribution in [-0.2, 0) is 4.79 Å². The van der Waals surface area contributed by atoms with E-state index >= 15 is 0 Å². The van der Waals surface area contributed by atoms with E-state index in [1.807, 2.05) is 0 Å². The van der Waals surface area contributed by atoms with Gasteiger partial charge in [-0.3, -0.25) is 4.79 Å². The summed E-state index contributed by atoms with van der Waals surface area (Å²) in [6.45, 7) is 15.7. The summed E-state index contributed by atoms with van der Waals surface area (Å²) in [5.74, 6) is 0.516. The van der Waals surface area contributed by atoms with E-state index < -0.39 is 0 Å². The maximum Gasteiger partial charge on any atom is 0.220 e. The number of hydrogen-bond acceptors (Lipinski definition) is 2. The first-order valence-corrected chi connectivity index (χ1v) is 6.98. The van der Waals surface area contributed by atoms with E-state index in [-0.39, 0.29) is 22.8 Å². The lowest BCUT2D eigenvalue weighted by atomic mass is 9.79. The zero-order valence-electron chi connectivity index (χ0n) is 13.3. The molecule has 0 saturated heterocycles. The molecule has 108 valence electrons. The van der Waals surface area contributed by atoms with Crippen LogP contribution in [-0.4, -0.2) is 18.5 Å². The molecule has 0 aromatic rings. The smallest absolute Gasteiger partial charge is 0.220 e. The Morgan fingerprint density at radius 2 is 1.61 bits per heavy atom. The zero-order chi connectivity index (χ0) is 14.6. The first-order valence-electron chi connectivity index (χ1n) is 6.98. The molecule has 0 aromatic carbocycles. The Bertz CT molecular complexity index is 261. The number of nitrogens with two attached hydrogens (primary N) is 1. The summed E-state index contributed by atoms with van der Waals surface area (Å²) in [7, 11) is 0. The maximum absolute atomic E-state index is 12.1. The SMILES string of the molecule is CC(CC(=O)NC(CCN)C(C)(C)C)C(C)(C)C. The van der Waals surface area contributed by atoms with Crippen LogP contribution in [0.5, 0.6) is 0 Å². The highest BCUT2D eigenvalue weighted by Crippen LogP contribution is 2.28. The average molecular weight is 256 g/mol. The van der Waals surface area contributed by atoms with E-state index in [0.717, 1.165) is 6.42 Å². The van der Waals surface area contributed by atoms with Crippen LogP contribution in [0.3, 0.4) is 0 Å². The van der Waals surface area contributed by atoms with Gasteiger partial charge in [0.15, 0.2) is 0 Å². The molecule has 0 spiro atoms. The minimum absolute atomic E-state index is 0.0556. The zero-order valence-corrected chi connectivity index (χ0v) is 13.3. The molecule has 0 heterocycles. The van der Waals surface area contributed by atoms with Crippen molar-refractivity contribution in [2.24, 2.45) is 22.5 Å². The van der Waals surface area contributed by atoms with Crippen LogP contribution in [0.1, 0.15) is 61.3 Å². The van der Waals surface area contributed by atoms with E-state index in [4.69, 9.17) is 5.73 Å². The van der Waals surface area contributed by atoms with Crippen LogP contribution in [0, 0.1) is 16.7 Å². The average Bonchev–Trinajstić information content (AvgIpc) is 2.13. The molecular formula is C15H32N2O. The molecule has 1 amide bonds. The summed E-state index contributed by atoms with van der Waals surface area (Å²) in [4.78, 5) is 12.1. The third kappa shape index (κ3) is 6.39. The monoisotopic (exact) mass is 256 g/mol. The molecule has 0 fully saturated rings. The molecule has 3 N–H and O–H groups in total. The van der Waals surface area contributed by atoms with E-state index in [1.54, 1.807) is 0 Å². The molecule has 0 saturated carbocycles. The summed E-state index contributed by atoms with van der Waals surface area (Å²) in [6, 6.07) is 0.155. The Hall–Kier alpha value is -0.570. The number of carbonyl (C=O) groups is 1. The van der Waals surface area contributed by atoms with Crippen LogP contribution in [0.15, 0.2) is 0 Å². The van der Waals surface area contributed by atoms with Crippen molar-refractivity contribution < 1.29 is 4.79 Å². The van der Waals surface area contributed by atoms with Crippen molar-refractivity contribution in [1.82, 2.24) is 5.32 Å². The maximum atomic E-state index is 12.1. The summed E-state index contributed by atoms with van der Waals surface area (Å²) < 4.78 is 0. The van der Waals surface area contributed by atoms with Gasteiger partial charge >= 0.3 is 0 Å². The van der Waals surface area contributed by atoms with Gasteiger partial charge < -0.3 is 11.1 Å². The third-order valence-corrected chi connectivity index (χ3v) is 3.81. The van der Waals surface area contributed by atoms with Gasteiger partial charge in [0.1, 0.15) is 0 Å². The molecule has 0 aliphatic rings. The molecule has 18 heavy (non-hydrogen) atoms. The largest absolute Gasteiger partial charge is 0.353 e. The molecular weight excluding hydrogens is 224 g/mol. The predicted molar refractivity (Wildman–Crippen MR) is 78.3 cm³/mol. The van der Waals surface area contributed by atoms with Gasteiger partial charge in [0.2, 0.25) is 5.91 Å². The van der Waals surface area contributed by atoms with Gasteiger partial charge in [0.05, 0.1) is 0 Å². The number of nitrogens with one attached hydrogen (secondary N) is 1. The lowest BCUT2D eigenvalue weighted by molar-refractivity contribution is -0.124. The van der Waals surface area contributed by atoms with Gasteiger partial charge in [-0.1, -0.05) is 48.5 Å². The van der Waals surface area contributed by atoms with Crippen molar-refractivity contribution >= 4 is 5.91 Å². The summed E-state index contributed by atoms with van der Waals surface area (Å²) >= 11 is 0. The fourth-order valence-electron chi connectivity index (χ4n) is 1.73. The van der Waals surface area contributed by atoms with Crippen molar-refractivity contribution in [2.45, 2.75) is 67.3 Å². The Labute approximate surface area is 113 Å². The highest BCUT2D eigenvalue weighted by atomic mass is 16.1. The van der Waals surface area contributed by atoms with E-state index in [0.29, 0.717) is 18.9 Å². The number of carbonyl (C=O) groups excluding carboxylic acids is 1. The highest BCUT2D eigenvalue weighted by molar-refractivity contribution is 5.76. The van der Waals surface area contributed by atoms with Crippen molar-refractivity contribution in [3.05, 3.63) is 0 Å². The minimum Gasteiger partial charge on any atom is -0.353 e. The van der Waals surface area contributed by atoms with E-state index in [1.165, 1.54) is 0 Å². The van der Waals surface area contributed by atoms with E-state index in [9.17, 15) is 4.79 Å². The standard InChI is InChI=1S/C15H32N2O/c1-11(14(2,3)4)10-13(18)17-12(8-9-16)15(5,6)7/h11-12H,8-10,16H2,1-7H3,(H,17,18). The topological polar surface area (TPSA) is 55.1 Å². The second kappa shape index (κ2) is 6.55. The van der Waals surface area contributed by atoms with Crippen molar-refractivity contribution in [1.29, 1.82) is 0 Å². The Morgan fingerprint density at radius 3 is 1.94 bits per heavy atom. The normalized spacial score (nSPS) is 16.2. The lowest BCUT2D eigenvalue weighted by Gasteiger charge is -2.33. The second-order valence-corrected chi connectivity index (χ2v) is 7.53. The van der Waals surface area contributed by atoms with Gasteiger partial charge in [0, 0.05) is 12.5 Å². The highest BCUT2D eigenvalue weighted by Gasteiger charge is 2.28. The molecule has 0 aliphatic carbocycles. The Kier molecular flexibility index (Phi) is 6.35. The summed E-state index contributed by atoms with van der Waals surface area (Å²) in [6.07, 6.45) is 1.42. The fourth-order valence-corrected chi connectivity index (χ4v) is 1.73. The molecule has 0 radical (unpaired) electrons. The first kappa shape index (κ1) is 17.4. The van der Waals surface area contributed by atoms with Crippen LogP contribution >= 0.6 is 0 Å². The quantitative estimate of drug-likeness (QED) is 0.794. The summed E-state index contributed by atoms with van der Waals surface area (Å²) in [5, 5.41) is 3.14.